The van der Waals surface area contributed by atoms with Crippen molar-refractivity contribution < 1.29 is 22.3 Å². The van der Waals surface area contributed by atoms with Crippen molar-refractivity contribution in [3.8, 4) is 17.1 Å². The Kier molecular flexibility index (Phi) is 2.16. The Labute approximate surface area is 111 Å². The van der Waals surface area contributed by atoms with Crippen molar-refractivity contribution in [1.82, 2.24) is 0 Å². The highest BCUT2D eigenvalue weighted by Crippen LogP contribution is 2.44. The minimum Gasteiger partial charge on any atom is -0.488 e. The van der Waals surface area contributed by atoms with Crippen molar-refractivity contribution in [2.45, 2.75) is 6.61 Å². The van der Waals surface area contributed by atoms with Crippen LogP contribution in [0.5, 0.6) is 5.75 Å². The van der Waals surface area contributed by atoms with Crippen LogP contribution in [0.3, 0.4) is 0 Å². The van der Waals surface area contributed by atoms with Crippen molar-refractivity contribution in [2.75, 3.05) is 0 Å². The molecule has 0 atom stereocenters. The minimum absolute atomic E-state index is 0.0734. The molecular weight excluding hydrogens is 269 g/mol. The maximum Gasteiger partial charge on any atom is 0.148 e. The number of hydrogen-bond donors (Lipinski definition) is 0. The van der Waals surface area contributed by atoms with Gasteiger partial charge in [0.1, 0.15) is 41.2 Å². The van der Waals surface area contributed by atoms with Gasteiger partial charge in [0, 0.05) is 29.1 Å². The average Bonchev–Trinajstić information content (AvgIpc) is 2.74. The lowest BCUT2D eigenvalue weighted by molar-refractivity contribution is 0.296. The van der Waals surface area contributed by atoms with Crippen LogP contribution in [0.2, 0.25) is 0 Å². The molecule has 0 radical (unpaired) electrons. The number of rotatable bonds is 0. The topological polar surface area (TPSA) is 22.4 Å². The third-order valence-electron chi connectivity index (χ3n) is 3.37. The quantitative estimate of drug-likeness (QED) is 0.607. The summed E-state index contributed by atoms with van der Waals surface area (Å²) in [6.45, 7) is 0.129. The van der Waals surface area contributed by atoms with Gasteiger partial charge in [0.2, 0.25) is 0 Å². The summed E-state index contributed by atoms with van der Waals surface area (Å²) in [7, 11) is 0. The van der Waals surface area contributed by atoms with Gasteiger partial charge in [0.15, 0.2) is 0 Å². The van der Waals surface area contributed by atoms with Gasteiger partial charge in [-0.25, -0.2) is 13.2 Å². The normalized spacial score (nSPS) is 12.9. The van der Waals surface area contributed by atoms with E-state index in [0.29, 0.717) is 16.5 Å². The third-order valence-corrected chi connectivity index (χ3v) is 3.37. The summed E-state index contributed by atoms with van der Waals surface area (Å²) in [5, 5.41) is 0.663. The predicted octanol–water partition coefficient (Wildman–Crippen LogP) is 4.41. The molecule has 0 amide bonds. The van der Waals surface area contributed by atoms with E-state index < -0.39 is 17.5 Å². The number of hydrogen-bond acceptors (Lipinski definition) is 2. The summed E-state index contributed by atoms with van der Waals surface area (Å²) in [6, 6.07) is 5.96. The van der Waals surface area contributed by atoms with Crippen molar-refractivity contribution in [3.63, 3.8) is 0 Å². The number of benzene rings is 2. The van der Waals surface area contributed by atoms with Crippen LogP contribution >= 0.6 is 0 Å². The molecule has 1 aliphatic rings. The molecule has 0 saturated heterocycles. The Bertz CT molecular complexity index is 852. The van der Waals surface area contributed by atoms with Crippen molar-refractivity contribution in [1.29, 1.82) is 0 Å². The molecule has 2 aromatic carbocycles. The van der Waals surface area contributed by atoms with Crippen LogP contribution in [0.25, 0.3) is 22.3 Å². The molecular formula is C15H7F3O2. The maximum atomic E-state index is 14.0. The van der Waals surface area contributed by atoms with Gasteiger partial charge in [-0.1, -0.05) is 0 Å². The fraction of sp³-hybridized carbons (Fsp3) is 0.0667. The Morgan fingerprint density at radius 2 is 1.80 bits per heavy atom. The molecule has 5 heteroatoms. The van der Waals surface area contributed by atoms with Crippen LogP contribution in [-0.4, -0.2) is 0 Å². The van der Waals surface area contributed by atoms with E-state index in [4.69, 9.17) is 9.15 Å². The van der Waals surface area contributed by atoms with Crippen LogP contribution in [0, 0.1) is 17.5 Å². The van der Waals surface area contributed by atoms with Gasteiger partial charge in [0.05, 0.1) is 5.56 Å². The summed E-state index contributed by atoms with van der Waals surface area (Å²) in [4.78, 5) is 0. The number of furan rings is 1. The van der Waals surface area contributed by atoms with Crippen LogP contribution in [0.4, 0.5) is 13.2 Å². The predicted molar refractivity (Wildman–Crippen MR) is 65.9 cm³/mol. The van der Waals surface area contributed by atoms with Crippen LogP contribution in [0.15, 0.2) is 34.7 Å². The highest BCUT2D eigenvalue weighted by Gasteiger charge is 2.28. The molecule has 2 heterocycles. The highest BCUT2D eigenvalue weighted by molar-refractivity contribution is 5.90. The Balaban J connectivity index is 2.07. The van der Waals surface area contributed by atoms with Gasteiger partial charge < -0.3 is 9.15 Å². The van der Waals surface area contributed by atoms with Crippen molar-refractivity contribution >= 4 is 11.0 Å². The Morgan fingerprint density at radius 3 is 2.65 bits per heavy atom. The van der Waals surface area contributed by atoms with Crippen molar-refractivity contribution in [2.24, 2.45) is 0 Å². The first-order valence-electron chi connectivity index (χ1n) is 5.96. The SMILES string of the molecule is Fc1cc(F)c2c(c1)OCc1c-2oc2cc(F)ccc12. The Hall–Kier alpha value is -2.43. The molecule has 1 aliphatic heterocycles. The van der Waals surface area contributed by atoms with E-state index in [0.717, 1.165) is 12.1 Å². The van der Waals surface area contributed by atoms with Crippen LogP contribution in [-0.2, 0) is 6.61 Å². The van der Waals surface area contributed by atoms with E-state index in [2.05, 4.69) is 0 Å². The molecule has 0 bridgehead atoms. The first-order valence-corrected chi connectivity index (χ1v) is 5.96. The lowest BCUT2D eigenvalue weighted by atomic mass is 10.0. The molecule has 0 saturated carbocycles. The van der Waals surface area contributed by atoms with Gasteiger partial charge in [-0.3, -0.25) is 0 Å². The molecule has 20 heavy (non-hydrogen) atoms. The zero-order chi connectivity index (χ0) is 13.9. The Morgan fingerprint density at radius 1 is 0.950 bits per heavy atom. The van der Waals surface area contributed by atoms with E-state index in [9.17, 15) is 13.2 Å². The summed E-state index contributed by atoms with van der Waals surface area (Å²) >= 11 is 0. The minimum atomic E-state index is -0.763. The number of fused-ring (bicyclic) bond motifs is 5. The molecule has 0 spiro atoms. The summed E-state index contributed by atoms with van der Waals surface area (Å²) in [6.07, 6.45) is 0. The monoisotopic (exact) mass is 276 g/mol. The molecule has 2 nitrogen and oxygen atoms in total. The molecule has 0 fully saturated rings. The molecule has 100 valence electrons. The molecule has 3 aromatic rings. The van der Waals surface area contributed by atoms with E-state index in [1.165, 1.54) is 12.1 Å². The standard InChI is InChI=1S/C15H7F3O2/c16-7-1-2-9-10-6-19-13-5-8(17)3-11(18)14(13)15(10)20-12(9)4-7/h1-5H,6H2. The fourth-order valence-electron chi connectivity index (χ4n) is 2.50. The number of halogens is 3. The fourth-order valence-corrected chi connectivity index (χ4v) is 2.50. The van der Waals surface area contributed by atoms with E-state index in [-0.39, 0.29) is 23.7 Å². The van der Waals surface area contributed by atoms with Crippen LogP contribution in [0.1, 0.15) is 5.56 Å². The smallest absolute Gasteiger partial charge is 0.148 e. The second-order valence-corrected chi connectivity index (χ2v) is 4.60. The van der Waals surface area contributed by atoms with Gasteiger partial charge >= 0.3 is 0 Å². The highest BCUT2D eigenvalue weighted by atomic mass is 19.1. The van der Waals surface area contributed by atoms with Crippen LogP contribution < -0.4 is 4.74 Å². The second kappa shape index (κ2) is 3.79. The maximum absolute atomic E-state index is 14.0. The summed E-state index contributed by atoms with van der Waals surface area (Å²) < 4.78 is 51.3. The largest absolute Gasteiger partial charge is 0.488 e. The second-order valence-electron chi connectivity index (χ2n) is 4.60. The van der Waals surface area contributed by atoms with Gasteiger partial charge in [-0.2, -0.15) is 0 Å². The zero-order valence-electron chi connectivity index (χ0n) is 10.0. The molecule has 0 unspecified atom stereocenters. The summed E-state index contributed by atoms with van der Waals surface area (Å²) in [5.74, 6) is -1.56. The van der Waals surface area contributed by atoms with Gasteiger partial charge in [-0.05, 0) is 12.1 Å². The summed E-state index contributed by atoms with van der Waals surface area (Å²) in [5.41, 5.74) is 1.03. The van der Waals surface area contributed by atoms with Gasteiger partial charge in [0.25, 0.3) is 0 Å². The molecule has 0 N–H and O–H groups in total. The first-order chi connectivity index (χ1) is 9.63. The molecule has 1 aromatic heterocycles. The van der Waals surface area contributed by atoms with E-state index in [1.54, 1.807) is 6.07 Å². The lowest BCUT2D eigenvalue weighted by Crippen LogP contribution is -2.05. The third kappa shape index (κ3) is 1.46. The average molecular weight is 276 g/mol. The molecule has 4 rings (SSSR count). The van der Waals surface area contributed by atoms with E-state index >= 15 is 0 Å². The first kappa shape index (κ1) is 11.4. The lowest BCUT2D eigenvalue weighted by Gasteiger charge is -2.17. The molecule has 0 aliphatic carbocycles. The van der Waals surface area contributed by atoms with Gasteiger partial charge in [-0.15, -0.1) is 0 Å². The number of ether oxygens (including phenoxy) is 1. The van der Waals surface area contributed by atoms with E-state index in [1.807, 2.05) is 0 Å². The zero-order valence-corrected chi connectivity index (χ0v) is 10.0. The van der Waals surface area contributed by atoms with Crippen molar-refractivity contribution in [3.05, 3.63) is 53.3 Å².